The maximum absolute atomic E-state index is 13.0. The number of hydrogen-bond donors (Lipinski definition) is 0. The second-order valence-electron chi connectivity index (χ2n) is 8.54. The molecule has 7 nitrogen and oxygen atoms in total. The Bertz CT molecular complexity index is 1300. The minimum Gasteiger partial charge on any atom is -0.355 e. The minimum atomic E-state index is -0.330. The predicted octanol–water partition coefficient (Wildman–Crippen LogP) is 3.27. The highest BCUT2D eigenvalue weighted by atomic mass is 32.2. The van der Waals surface area contributed by atoms with Gasteiger partial charge in [-0.25, -0.2) is 0 Å². The van der Waals surface area contributed by atoms with E-state index >= 15 is 0 Å². The SMILES string of the molecule is C=CCN1C(=O)/C(=C/c2c(C)c(C#N)c(=O)n(C)c2N2CCN(Cc3ccccc3)CC2)SC1=S. The van der Waals surface area contributed by atoms with Crippen molar-refractivity contribution in [3.8, 4) is 6.07 Å². The zero-order chi connectivity index (χ0) is 25.1. The van der Waals surface area contributed by atoms with Crippen LogP contribution in [0.1, 0.15) is 22.3 Å². The van der Waals surface area contributed by atoms with Crippen LogP contribution in [0.5, 0.6) is 0 Å². The van der Waals surface area contributed by atoms with Crippen LogP contribution >= 0.6 is 24.0 Å². The Morgan fingerprint density at radius 1 is 1.17 bits per heavy atom. The first-order valence-corrected chi connectivity index (χ1v) is 12.6. The van der Waals surface area contributed by atoms with Crippen LogP contribution in [0.2, 0.25) is 0 Å². The molecule has 2 aliphatic rings. The lowest BCUT2D eigenvalue weighted by Gasteiger charge is -2.37. The number of piperazine rings is 1. The fourth-order valence-corrected chi connectivity index (χ4v) is 5.73. The number of pyridine rings is 1. The highest BCUT2D eigenvalue weighted by Gasteiger charge is 2.32. The van der Waals surface area contributed by atoms with Crippen LogP contribution in [0.25, 0.3) is 6.08 Å². The molecule has 2 aliphatic heterocycles. The molecule has 0 spiro atoms. The first-order valence-electron chi connectivity index (χ1n) is 11.4. The zero-order valence-corrected chi connectivity index (χ0v) is 21.5. The average Bonchev–Trinajstić information content (AvgIpc) is 3.12. The molecule has 0 saturated carbocycles. The number of aromatic nitrogens is 1. The highest BCUT2D eigenvalue weighted by molar-refractivity contribution is 8.26. The number of anilines is 1. The number of nitriles is 1. The molecule has 2 aromatic rings. The number of carbonyl (C=O) groups is 1. The van der Waals surface area contributed by atoms with Crippen molar-refractivity contribution in [3.63, 3.8) is 0 Å². The van der Waals surface area contributed by atoms with Gasteiger partial charge < -0.3 is 4.90 Å². The molecule has 0 radical (unpaired) electrons. The first-order chi connectivity index (χ1) is 16.8. The Hall–Kier alpha value is -3.19. The molecule has 9 heteroatoms. The predicted molar refractivity (Wildman–Crippen MR) is 145 cm³/mol. The largest absolute Gasteiger partial charge is 0.355 e. The molecule has 35 heavy (non-hydrogen) atoms. The molecular weight excluding hydrogens is 478 g/mol. The summed E-state index contributed by atoms with van der Waals surface area (Å²) in [5.41, 5.74) is 2.31. The van der Waals surface area contributed by atoms with Gasteiger partial charge in [0.1, 0.15) is 21.8 Å². The molecule has 4 rings (SSSR count). The van der Waals surface area contributed by atoms with E-state index in [0.29, 0.717) is 26.9 Å². The molecule has 3 heterocycles. The minimum absolute atomic E-state index is 0.0896. The van der Waals surface area contributed by atoms with Crippen molar-refractivity contribution < 1.29 is 4.79 Å². The summed E-state index contributed by atoms with van der Waals surface area (Å²) >= 11 is 6.61. The van der Waals surface area contributed by atoms with E-state index in [2.05, 4.69) is 34.6 Å². The van der Waals surface area contributed by atoms with Crippen molar-refractivity contribution in [1.82, 2.24) is 14.4 Å². The van der Waals surface area contributed by atoms with Crippen LogP contribution in [0.15, 0.2) is 52.7 Å². The molecule has 2 fully saturated rings. The van der Waals surface area contributed by atoms with Gasteiger partial charge in [-0.05, 0) is 24.1 Å². The number of carbonyl (C=O) groups excluding carboxylic acids is 1. The summed E-state index contributed by atoms with van der Waals surface area (Å²) < 4.78 is 2.01. The molecular formula is C26H27N5O2S2. The number of rotatable bonds is 6. The van der Waals surface area contributed by atoms with Crippen LogP contribution in [0.3, 0.4) is 0 Å². The summed E-state index contributed by atoms with van der Waals surface area (Å²) in [7, 11) is 1.69. The van der Waals surface area contributed by atoms with Crippen molar-refractivity contribution in [3.05, 3.63) is 80.5 Å². The molecule has 1 amide bonds. The number of thiocarbonyl (C=S) groups is 1. The van der Waals surface area contributed by atoms with Gasteiger partial charge in [-0.2, -0.15) is 5.26 Å². The van der Waals surface area contributed by atoms with Gasteiger partial charge in [0, 0.05) is 51.9 Å². The number of hydrogen-bond acceptors (Lipinski definition) is 7. The van der Waals surface area contributed by atoms with Crippen molar-refractivity contribution >= 4 is 46.1 Å². The molecule has 0 atom stereocenters. The number of thioether (sulfide) groups is 1. The van der Waals surface area contributed by atoms with Crippen LogP contribution in [0.4, 0.5) is 5.82 Å². The van der Waals surface area contributed by atoms with E-state index in [0.717, 1.165) is 38.5 Å². The summed E-state index contributed by atoms with van der Waals surface area (Å²) in [5.74, 6) is 0.533. The summed E-state index contributed by atoms with van der Waals surface area (Å²) in [6.45, 7) is 9.81. The van der Waals surface area contributed by atoms with Gasteiger partial charge in [-0.3, -0.25) is 24.0 Å². The maximum atomic E-state index is 13.0. The van der Waals surface area contributed by atoms with Crippen molar-refractivity contribution in [2.24, 2.45) is 7.05 Å². The van der Waals surface area contributed by atoms with E-state index in [1.807, 2.05) is 18.2 Å². The number of nitrogens with zero attached hydrogens (tertiary/aromatic N) is 5. The summed E-state index contributed by atoms with van der Waals surface area (Å²) in [6, 6.07) is 12.4. The Balaban J connectivity index is 1.68. The topological polar surface area (TPSA) is 72.6 Å². The Morgan fingerprint density at radius 2 is 1.86 bits per heavy atom. The molecule has 0 unspecified atom stereocenters. The smallest absolute Gasteiger partial charge is 0.270 e. The number of amides is 1. The molecule has 180 valence electrons. The van der Waals surface area contributed by atoms with Crippen molar-refractivity contribution in [2.45, 2.75) is 13.5 Å². The van der Waals surface area contributed by atoms with E-state index in [4.69, 9.17) is 12.2 Å². The molecule has 0 N–H and O–H groups in total. The quantitative estimate of drug-likeness (QED) is 0.339. The van der Waals surface area contributed by atoms with E-state index in [1.54, 1.807) is 26.1 Å². The van der Waals surface area contributed by atoms with E-state index in [-0.39, 0.29) is 17.0 Å². The third kappa shape index (κ3) is 4.96. The Morgan fingerprint density at radius 3 is 2.49 bits per heavy atom. The van der Waals surface area contributed by atoms with Crippen LogP contribution in [-0.2, 0) is 18.4 Å². The highest BCUT2D eigenvalue weighted by Crippen LogP contribution is 2.35. The van der Waals surface area contributed by atoms with Gasteiger partial charge in [0.05, 0.1) is 4.91 Å². The normalized spacial score (nSPS) is 17.8. The molecule has 0 aliphatic carbocycles. The average molecular weight is 506 g/mol. The van der Waals surface area contributed by atoms with Gasteiger partial charge in [0.15, 0.2) is 0 Å². The van der Waals surface area contributed by atoms with Crippen LogP contribution < -0.4 is 10.5 Å². The molecule has 2 saturated heterocycles. The first kappa shape index (κ1) is 24.9. The fraction of sp³-hybridized carbons (Fsp3) is 0.308. The standard InChI is InChI=1S/C26H27N5O2S2/c1-4-10-31-25(33)22(35-26(31)34)15-20-18(2)21(16-27)24(32)28(3)23(20)30-13-11-29(12-14-30)17-19-8-6-5-7-9-19/h4-9,15H,1,10-14,17H2,2-3H3/b22-15-. The van der Waals surface area contributed by atoms with Crippen LogP contribution in [-0.4, -0.2) is 57.3 Å². The number of benzene rings is 1. The Kier molecular flexibility index (Phi) is 7.55. The Labute approximate surface area is 214 Å². The molecule has 1 aromatic heterocycles. The van der Waals surface area contributed by atoms with Gasteiger partial charge in [0.2, 0.25) is 0 Å². The molecule has 1 aromatic carbocycles. The van der Waals surface area contributed by atoms with Crippen molar-refractivity contribution in [1.29, 1.82) is 5.26 Å². The van der Waals surface area contributed by atoms with Gasteiger partial charge in [0.25, 0.3) is 11.5 Å². The summed E-state index contributed by atoms with van der Waals surface area (Å²) in [4.78, 5) is 32.5. The van der Waals surface area contributed by atoms with E-state index in [9.17, 15) is 14.9 Å². The van der Waals surface area contributed by atoms with Crippen molar-refractivity contribution in [2.75, 3.05) is 37.6 Å². The fourth-order valence-electron chi connectivity index (χ4n) is 4.47. The lowest BCUT2D eigenvalue weighted by atomic mass is 10.0. The van der Waals surface area contributed by atoms with E-state index < -0.39 is 0 Å². The third-order valence-corrected chi connectivity index (χ3v) is 7.73. The third-order valence-electron chi connectivity index (χ3n) is 6.35. The molecule has 0 bridgehead atoms. The van der Waals surface area contributed by atoms with Gasteiger partial charge in [-0.1, -0.05) is 60.4 Å². The summed E-state index contributed by atoms with van der Waals surface area (Å²) in [5, 5.41) is 9.67. The summed E-state index contributed by atoms with van der Waals surface area (Å²) in [6.07, 6.45) is 3.42. The zero-order valence-electron chi connectivity index (χ0n) is 19.9. The maximum Gasteiger partial charge on any atom is 0.270 e. The lowest BCUT2D eigenvalue weighted by Crippen LogP contribution is -2.48. The van der Waals surface area contributed by atoms with Crippen LogP contribution in [0, 0.1) is 18.3 Å². The van der Waals surface area contributed by atoms with E-state index in [1.165, 1.54) is 26.8 Å². The van der Waals surface area contributed by atoms with Gasteiger partial charge in [-0.15, -0.1) is 6.58 Å². The monoisotopic (exact) mass is 505 g/mol. The second kappa shape index (κ2) is 10.6. The van der Waals surface area contributed by atoms with Gasteiger partial charge >= 0.3 is 0 Å². The lowest BCUT2D eigenvalue weighted by molar-refractivity contribution is -0.121. The second-order valence-corrected chi connectivity index (χ2v) is 10.2.